The Morgan fingerprint density at radius 2 is 2.08 bits per heavy atom. The zero-order valence-electron chi connectivity index (χ0n) is 12.7. The molecule has 0 saturated carbocycles. The minimum absolute atomic E-state index is 0.0461. The second-order valence-corrected chi connectivity index (χ2v) is 4.86. The van der Waals surface area contributed by atoms with Crippen molar-refractivity contribution in [2.24, 2.45) is 0 Å². The van der Waals surface area contributed by atoms with E-state index in [1.165, 1.54) is 19.2 Å². The average Bonchev–Trinajstić information content (AvgIpc) is 2.58. The van der Waals surface area contributed by atoms with E-state index in [0.717, 1.165) is 17.0 Å². The normalized spacial score (nSPS) is 10.0. The van der Waals surface area contributed by atoms with Crippen LogP contribution < -0.4 is 9.64 Å². The summed E-state index contributed by atoms with van der Waals surface area (Å²) in [6.45, 7) is -0.383. The van der Waals surface area contributed by atoms with Crippen LogP contribution in [0.4, 0.5) is 11.4 Å². The lowest BCUT2D eigenvalue weighted by atomic mass is 10.2. The van der Waals surface area contributed by atoms with Gasteiger partial charge in [-0.25, -0.2) is 0 Å². The summed E-state index contributed by atoms with van der Waals surface area (Å²) >= 11 is 0. The van der Waals surface area contributed by atoms with Gasteiger partial charge in [-0.15, -0.1) is 0 Å². The second-order valence-electron chi connectivity index (χ2n) is 4.86. The number of carbonyl (C=O) groups excluding carboxylic acids is 2. The molecule has 2 aromatic rings. The number of nitro benzene ring substituents is 1. The first-order chi connectivity index (χ1) is 11.4. The molecule has 0 radical (unpaired) electrons. The van der Waals surface area contributed by atoms with Crippen LogP contribution in [0.25, 0.3) is 0 Å². The maximum atomic E-state index is 12.2. The molecule has 0 heterocycles. The maximum Gasteiger partial charge on any atom is 0.293 e. The van der Waals surface area contributed by atoms with Crippen molar-refractivity contribution in [3.8, 4) is 11.5 Å². The van der Waals surface area contributed by atoms with Crippen molar-refractivity contribution < 1.29 is 24.4 Å². The highest BCUT2D eigenvalue weighted by Crippen LogP contribution is 2.31. The zero-order valence-corrected chi connectivity index (χ0v) is 12.7. The van der Waals surface area contributed by atoms with Crippen LogP contribution in [-0.2, 0) is 4.79 Å². The standard InChI is InChI=1S/C16H14N2O6/c1-17(15-8-12(20)5-6-14(15)18(22)23)16(21)10-24-13-4-2-3-11(7-13)9-19/h2-9,20H,10H2,1H3. The summed E-state index contributed by atoms with van der Waals surface area (Å²) in [5.74, 6) is -0.429. The molecule has 0 aliphatic carbocycles. The van der Waals surface area contributed by atoms with Crippen molar-refractivity contribution in [3.05, 3.63) is 58.1 Å². The van der Waals surface area contributed by atoms with Crippen LogP contribution in [0.15, 0.2) is 42.5 Å². The first-order valence-corrected chi connectivity index (χ1v) is 6.84. The van der Waals surface area contributed by atoms with Crippen LogP contribution in [0.2, 0.25) is 0 Å². The third-order valence-corrected chi connectivity index (χ3v) is 3.25. The maximum absolute atomic E-state index is 12.2. The molecular formula is C16H14N2O6. The lowest BCUT2D eigenvalue weighted by molar-refractivity contribution is -0.384. The van der Waals surface area contributed by atoms with Crippen LogP contribution in [0.1, 0.15) is 10.4 Å². The number of amides is 1. The van der Waals surface area contributed by atoms with Crippen LogP contribution in [-0.4, -0.2) is 35.9 Å². The van der Waals surface area contributed by atoms with Gasteiger partial charge in [-0.2, -0.15) is 0 Å². The summed E-state index contributed by atoms with van der Waals surface area (Å²) < 4.78 is 5.30. The van der Waals surface area contributed by atoms with Gasteiger partial charge < -0.3 is 14.7 Å². The van der Waals surface area contributed by atoms with E-state index in [0.29, 0.717) is 17.6 Å². The van der Waals surface area contributed by atoms with Crippen LogP contribution >= 0.6 is 0 Å². The summed E-state index contributed by atoms with van der Waals surface area (Å²) in [4.78, 5) is 34.3. The Balaban J connectivity index is 2.13. The third kappa shape index (κ3) is 3.86. The van der Waals surface area contributed by atoms with Crippen molar-refractivity contribution in [1.82, 2.24) is 0 Å². The first-order valence-electron chi connectivity index (χ1n) is 6.84. The summed E-state index contributed by atoms with van der Waals surface area (Å²) in [7, 11) is 1.34. The van der Waals surface area contributed by atoms with Crippen molar-refractivity contribution in [2.75, 3.05) is 18.6 Å². The third-order valence-electron chi connectivity index (χ3n) is 3.25. The highest BCUT2D eigenvalue weighted by Gasteiger charge is 2.22. The highest BCUT2D eigenvalue weighted by molar-refractivity contribution is 5.96. The number of rotatable bonds is 6. The second kappa shape index (κ2) is 7.23. The quantitative estimate of drug-likeness (QED) is 0.494. The van der Waals surface area contributed by atoms with E-state index in [1.807, 2.05) is 0 Å². The number of benzene rings is 2. The van der Waals surface area contributed by atoms with Crippen molar-refractivity contribution in [2.45, 2.75) is 0 Å². The van der Waals surface area contributed by atoms with E-state index >= 15 is 0 Å². The lowest BCUT2D eigenvalue weighted by Gasteiger charge is -2.17. The van der Waals surface area contributed by atoms with E-state index in [4.69, 9.17) is 4.74 Å². The van der Waals surface area contributed by atoms with Gasteiger partial charge in [-0.05, 0) is 18.2 Å². The van der Waals surface area contributed by atoms with Gasteiger partial charge in [-0.1, -0.05) is 12.1 Å². The van der Waals surface area contributed by atoms with Crippen LogP contribution in [0, 0.1) is 10.1 Å². The Morgan fingerprint density at radius 1 is 1.33 bits per heavy atom. The van der Waals surface area contributed by atoms with Crippen LogP contribution in [0.5, 0.6) is 11.5 Å². The summed E-state index contributed by atoms with van der Waals surface area (Å²) in [5.41, 5.74) is 0.0405. The van der Waals surface area contributed by atoms with Crippen molar-refractivity contribution >= 4 is 23.6 Å². The number of likely N-dealkylation sites (N-methyl/N-ethyl adjacent to an activating group) is 1. The molecule has 2 rings (SSSR count). The Bertz CT molecular complexity index is 790. The molecule has 0 bridgehead atoms. The number of phenols is 1. The number of hydrogen-bond acceptors (Lipinski definition) is 6. The lowest BCUT2D eigenvalue weighted by Crippen LogP contribution is -2.31. The minimum atomic E-state index is -0.646. The van der Waals surface area contributed by atoms with E-state index in [1.54, 1.807) is 18.2 Å². The molecule has 124 valence electrons. The number of anilines is 1. The molecule has 0 fully saturated rings. The van der Waals surface area contributed by atoms with Crippen molar-refractivity contribution in [1.29, 1.82) is 0 Å². The van der Waals surface area contributed by atoms with Gasteiger partial charge in [0.15, 0.2) is 6.61 Å². The Labute approximate surface area is 137 Å². The molecule has 0 aliphatic rings. The molecule has 0 unspecified atom stereocenters. The SMILES string of the molecule is CN(C(=O)COc1cccc(C=O)c1)c1cc(O)ccc1[N+](=O)[O-]. The molecule has 24 heavy (non-hydrogen) atoms. The summed E-state index contributed by atoms with van der Waals surface area (Å²) in [6, 6.07) is 9.65. The number of hydrogen-bond donors (Lipinski definition) is 1. The summed E-state index contributed by atoms with van der Waals surface area (Å²) in [5, 5.41) is 20.5. The molecule has 0 aliphatic heterocycles. The average molecular weight is 330 g/mol. The highest BCUT2D eigenvalue weighted by atomic mass is 16.6. The predicted octanol–water partition coefficient (Wildman–Crippen LogP) is 2.15. The van der Waals surface area contributed by atoms with Gasteiger partial charge in [0.1, 0.15) is 23.5 Å². The molecule has 0 atom stereocenters. The summed E-state index contributed by atoms with van der Waals surface area (Å²) in [6.07, 6.45) is 0.650. The minimum Gasteiger partial charge on any atom is -0.508 e. The largest absolute Gasteiger partial charge is 0.508 e. The molecule has 8 nitrogen and oxygen atoms in total. The van der Waals surface area contributed by atoms with E-state index in [9.17, 15) is 24.8 Å². The number of carbonyl (C=O) groups is 2. The fourth-order valence-electron chi connectivity index (χ4n) is 1.99. The monoisotopic (exact) mass is 330 g/mol. The van der Waals surface area contributed by atoms with Gasteiger partial charge in [-0.3, -0.25) is 19.7 Å². The van der Waals surface area contributed by atoms with Gasteiger partial charge in [0.05, 0.1) is 4.92 Å². The fourth-order valence-corrected chi connectivity index (χ4v) is 1.99. The smallest absolute Gasteiger partial charge is 0.293 e. The molecule has 2 aromatic carbocycles. The first kappa shape index (κ1) is 16.9. The van der Waals surface area contributed by atoms with Crippen molar-refractivity contribution in [3.63, 3.8) is 0 Å². The molecule has 1 N–H and O–H groups in total. The molecular weight excluding hydrogens is 316 g/mol. The predicted molar refractivity (Wildman–Crippen MR) is 85.5 cm³/mol. The Morgan fingerprint density at radius 3 is 2.75 bits per heavy atom. The Hall–Kier alpha value is -3.42. The molecule has 8 heteroatoms. The Kier molecular flexibility index (Phi) is 5.10. The van der Waals surface area contributed by atoms with E-state index in [-0.39, 0.29) is 23.7 Å². The number of phenolic OH excluding ortho intramolecular Hbond substituents is 1. The molecule has 1 amide bonds. The molecule has 0 saturated heterocycles. The van der Waals surface area contributed by atoms with E-state index < -0.39 is 10.8 Å². The zero-order chi connectivity index (χ0) is 17.7. The molecule has 0 aromatic heterocycles. The van der Waals surface area contributed by atoms with Gasteiger partial charge in [0.25, 0.3) is 11.6 Å². The number of aldehydes is 1. The fraction of sp³-hybridized carbons (Fsp3) is 0.125. The molecule has 0 spiro atoms. The van der Waals surface area contributed by atoms with Gasteiger partial charge in [0, 0.05) is 24.7 Å². The number of nitro groups is 1. The number of aromatic hydroxyl groups is 1. The number of ether oxygens (including phenoxy) is 1. The van der Waals surface area contributed by atoms with Crippen LogP contribution in [0.3, 0.4) is 0 Å². The van der Waals surface area contributed by atoms with Gasteiger partial charge >= 0.3 is 0 Å². The van der Waals surface area contributed by atoms with Gasteiger partial charge in [0.2, 0.25) is 0 Å². The topological polar surface area (TPSA) is 110 Å². The number of nitrogens with zero attached hydrogens (tertiary/aromatic N) is 2. The van der Waals surface area contributed by atoms with E-state index in [2.05, 4.69) is 0 Å².